The largest absolute Gasteiger partial charge is 0.493 e. The van der Waals surface area contributed by atoms with Crippen LogP contribution in [0.25, 0.3) is 6.08 Å². The Kier molecular flexibility index (Phi) is 7.52. The summed E-state index contributed by atoms with van der Waals surface area (Å²) < 4.78 is 5.82. The van der Waals surface area contributed by atoms with Gasteiger partial charge in [0.05, 0.1) is 11.5 Å². The highest BCUT2D eigenvalue weighted by Crippen LogP contribution is 2.34. The smallest absolute Gasteiger partial charge is 0.294 e. The summed E-state index contributed by atoms with van der Waals surface area (Å²) in [5.74, 6) is 0.104. The standard InChI is InChI=1S/C24H26N2O4S/c1-4-17-9-11-19(12-10-17)25-22(27)14-26-23(28)21(31-24(26)29)13-18-7-5-6-8-20(18)30-15-16(2)3/h5-13,16H,4,14-15H2,1-3H3,(H,25,27)/b21-13+. The lowest BCUT2D eigenvalue weighted by atomic mass is 10.1. The molecule has 162 valence electrons. The summed E-state index contributed by atoms with van der Waals surface area (Å²) in [7, 11) is 0. The van der Waals surface area contributed by atoms with Gasteiger partial charge in [-0.15, -0.1) is 0 Å². The maximum Gasteiger partial charge on any atom is 0.294 e. The number of nitrogens with zero attached hydrogens (tertiary/aromatic N) is 1. The highest BCUT2D eigenvalue weighted by molar-refractivity contribution is 8.18. The molecule has 1 N–H and O–H groups in total. The normalized spacial score (nSPS) is 15.1. The minimum atomic E-state index is -0.481. The second-order valence-electron chi connectivity index (χ2n) is 7.61. The van der Waals surface area contributed by atoms with Crippen LogP contribution in [0, 0.1) is 5.92 Å². The van der Waals surface area contributed by atoms with Crippen LogP contribution in [0.3, 0.4) is 0 Å². The molecular weight excluding hydrogens is 412 g/mol. The van der Waals surface area contributed by atoms with Crippen molar-refractivity contribution in [2.24, 2.45) is 5.92 Å². The lowest BCUT2D eigenvalue weighted by molar-refractivity contribution is -0.127. The van der Waals surface area contributed by atoms with E-state index in [4.69, 9.17) is 4.74 Å². The quantitative estimate of drug-likeness (QED) is 0.590. The monoisotopic (exact) mass is 438 g/mol. The van der Waals surface area contributed by atoms with E-state index in [1.807, 2.05) is 36.4 Å². The van der Waals surface area contributed by atoms with Crippen LogP contribution in [0.15, 0.2) is 53.4 Å². The number of aryl methyl sites for hydroxylation is 1. The number of hydrogen-bond acceptors (Lipinski definition) is 5. The first kappa shape index (κ1) is 22.6. The van der Waals surface area contributed by atoms with Gasteiger partial charge in [-0.1, -0.05) is 51.1 Å². The number of amides is 3. The number of hydrogen-bond donors (Lipinski definition) is 1. The van der Waals surface area contributed by atoms with Crippen LogP contribution in [-0.2, 0) is 16.0 Å². The van der Waals surface area contributed by atoms with Crippen LogP contribution in [0.4, 0.5) is 10.5 Å². The maximum absolute atomic E-state index is 12.8. The van der Waals surface area contributed by atoms with Crippen LogP contribution in [-0.4, -0.2) is 35.1 Å². The number of carbonyl (C=O) groups excluding carboxylic acids is 3. The lowest BCUT2D eigenvalue weighted by Crippen LogP contribution is -2.36. The lowest BCUT2D eigenvalue weighted by Gasteiger charge is -2.13. The van der Waals surface area contributed by atoms with E-state index in [-0.39, 0.29) is 11.4 Å². The summed E-state index contributed by atoms with van der Waals surface area (Å²) in [6.07, 6.45) is 2.55. The van der Waals surface area contributed by atoms with Crippen molar-refractivity contribution in [3.05, 3.63) is 64.6 Å². The molecule has 1 aliphatic heterocycles. The molecular formula is C24H26N2O4S. The number of carbonyl (C=O) groups is 3. The highest BCUT2D eigenvalue weighted by atomic mass is 32.2. The number of rotatable bonds is 8. The summed E-state index contributed by atoms with van der Waals surface area (Å²) in [6.45, 7) is 6.37. The zero-order chi connectivity index (χ0) is 22.4. The first-order valence-electron chi connectivity index (χ1n) is 10.2. The van der Waals surface area contributed by atoms with Gasteiger partial charge in [-0.05, 0) is 53.9 Å². The minimum Gasteiger partial charge on any atom is -0.493 e. The number of anilines is 1. The Morgan fingerprint density at radius 3 is 2.52 bits per heavy atom. The zero-order valence-electron chi connectivity index (χ0n) is 17.9. The number of para-hydroxylation sites is 1. The van der Waals surface area contributed by atoms with Gasteiger partial charge in [-0.3, -0.25) is 19.3 Å². The molecule has 2 aromatic carbocycles. The molecule has 7 heteroatoms. The van der Waals surface area contributed by atoms with E-state index in [1.165, 1.54) is 0 Å². The van der Waals surface area contributed by atoms with Gasteiger partial charge in [0.25, 0.3) is 11.1 Å². The average Bonchev–Trinajstić information content (AvgIpc) is 3.01. The van der Waals surface area contributed by atoms with Crippen LogP contribution >= 0.6 is 11.8 Å². The second-order valence-corrected chi connectivity index (χ2v) is 8.60. The van der Waals surface area contributed by atoms with Gasteiger partial charge in [-0.25, -0.2) is 0 Å². The molecule has 0 aliphatic carbocycles. The predicted molar refractivity (Wildman–Crippen MR) is 124 cm³/mol. The average molecular weight is 439 g/mol. The van der Waals surface area contributed by atoms with E-state index < -0.39 is 17.1 Å². The number of benzene rings is 2. The molecule has 1 saturated heterocycles. The van der Waals surface area contributed by atoms with Crippen LogP contribution in [0.5, 0.6) is 5.75 Å². The second kappa shape index (κ2) is 10.3. The van der Waals surface area contributed by atoms with Gasteiger partial charge >= 0.3 is 0 Å². The third kappa shape index (κ3) is 5.98. The summed E-state index contributed by atoms with van der Waals surface area (Å²) >= 11 is 0.826. The van der Waals surface area contributed by atoms with Gasteiger partial charge in [0.15, 0.2) is 0 Å². The SMILES string of the molecule is CCc1ccc(NC(=O)CN2C(=O)S/C(=C/c3ccccc3OCC(C)C)C2=O)cc1. The fraction of sp³-hybridized carbons (Fsp3) is 0.292. The number of imide groups is 1. The molecule has 0 spiro atoms. The molecule has 1 aliphatic rings. The van der Waals surface area contributed by atoms with E-state index in [1.54, 1.807) is 18.2 Å². The number of thioether (sulfide) groups is 1. The first-order valence-corrected chi connectivity index (χ1v) is 11.0. The Morgan fingerprint density at radius 2 is 1.84 bits per heavy atom. The topological polar surface area (TPSA) is 75.7 Å². The molecule has 0 atom stereocenters. The van der Waals surface area contributed by atoms with Crippen molar-refractivity contribution in [1.29, 1.82) is 0 Å². The van der Waals surface area contributed by atoms with Gasteiger partial charge < -0.3 is 10.1 Å². The van der Waals surface area contributed by atoms with Gasteiger partial charge in [0, 0.05) is 11.3 Å². The molecule has 1 fully saturated rings. The van der Waals surface area contributed by atoms with E-state index in [0.717, 1.165) is 28.6 Å². The number of ether oxygens (including phenoxy) is 1. The fourth-order valence-corrected chi connectivity index (χ4v) is 3.76. The molecule has 2 aromatic rings. The summed E-state index contributed by atoms with van der Waals surface area (Å²) in [6, 6.07) is 14.8. The minimum absolute atomic E-state index is 0.269. The molecule has 1 heterocycles. The van der Waals surface area contributed by atoms with Gasteiger partial charge in [0.1, 0.15) is 12.3 Å². The summed E-state index contributed by atoms with van der Waals surface area (Å²) in [5.41, 5.74) is 2.50. The van der Waals surface area contributed by atoms with Crippen molar-refractivity contribution in [1.82, 2.24) is 4.90 Å². The molecule has 0 saturated carbocycles. The van der Waals surface area contributed by atoms with Crippen LogP contribution in [0.1, 0.15) is 31.9 Å². The van der Waals surface area contributed by atoms with E-state index >= 15 is 0 Å². The van der Waals surface area contributed by atoms with Crippen molar-refractivity contribution >= 4 is 40.6 Å². The molecule has 31 heavy (non-hydrogen) atoms. The Balaban J connectivity index is 1.68. The van der Waals surface area contributed by atoms with E-state index in [9.17, 15) is 14.4 Å². The zero-order valence-corrected chi connectivity index (χ0v) is 18.7. The van der Waals surface area contributed by atoms with E-state index in [0.29, 0.717) is 29.5 Å². The Labute approximate surface area is 186 Å². The van der Waals surface area contributed by atoms with Crippen LogP contribution in [0.2, 0.25) is 0 Å². The molecule has 0 aromatic heterocycles. The molecule has 3 amide bonds. The fourth-order valence-electron chi connectivity index (χ4n) is 2.93. The molecule has 3 rings (SSSR count). The maximum atomic E-state index is 12.8. The Morgan fingerprint density at radius 1 is 1.13 bits per heavy atom. The Hall–Kier alpha value is -3.06. The third-order valence-corrected chi connectivity index (χ3v) is 5.51. The summed E-state index contributed by atoms with van der Waals surface area (Å²) in [4.78, 5) is 38.7. The van der Waals surface area contributed by atoms with Crippen molar-refractivity contribution in [3.63, 3.8) is 0 Å². The molecule has 0 unspecified atom stereocenters. The van der Waals surface area contributed by atoms with Crippen molar-refractivity contribution in [2.75, 3.05) is 18.5 Å². The van der Waals surface area contributed by atoms with Crippen molar-refractivity contribution < 1.29 is 19.1 Å². The first-order chi connectivity index (χ1) is 14.9. The molecule has 0 radical (unpaired) electrons. The van der Waals surface area contributed by atoms with Crippen molar-refractivity contribution in [2.45, 2.75) is 27.2 Å². The number of nitrogens with one attached hydrogen (secondary N) is 1. The summed E-state index contributed by atoms with van der Waals surface area (Å²) in [5, 5.41) is 2.26. The van der Waals surface area contributed by atoms with Crippen LogP contribution < -0.4 is 10.1 Å². The Bertz CT molecular complexity index is 999. The predicted octanol–water partition coefficient (Wildman–Crippen LogP) is 4.96. The van der Waals surface area contributed by atoms with E-state index in [2.05, 4.69) is 26.1 Å². The van der Waals surface area contributed by atoms with Gasteiger partial charge in [0.2, 0.25) is 5.91 Å². The molecule has 6 nitrogen and oxygen atoms in total. The molecule has 0 bridgehead atoms. The highest BCUT2D eigenvalue weighted by Gasteiger charge is 2.36. The van der Waals surface area contributed by atoms with Gasteiger partial charge in [-0.2, -0.15) is 0 Å². The van der Waals surface area contributed by atoms with Crippen molar-refractivity contribution in [3.8, 4) is 5.75 Å². The third-order valence-electron chi connectivity index (χ3n) is 4.60.